The second kappa shape index (κ2) is 8.63. The molecule has 0 fully saturated rings. The van der Waals surface area contributed by atoms with Crippen molar-refractivity contribution in [3.8, 4) is 22.4 Å². The average molecular weight is 408 g/mol. The summed E-state index contributed by atoms with van der Waals surface area (Å²) in [6.45, 7) is 1.46. The molecule has 0 aliphatic carbocycles. The second-order valence-corrected chi connectivity index (χ2v) is 7.15. The number of rotatable bonds is 5. The fraction of sp³-hybridized carbons (Fsp3) is 0.0385. The van der Waals surface area contributed by atoms with Crippen molar-refractivity contribution in [3.63, 3.8) is 0 Å². The molecule has 0 aliphatic rings. The number of amides is 1. The summed E-state index contributed by atoms with van der Waals surface area (Å²) in [6.07, 6.45) is 0. The molecular weight excluding hydrogens is 388 g/mol. The van der Waals surface area contributed by atoms with Crippen molar-refractivity contribution in [3.05, 3.63) is 112 Å². The van der Waals surface area contributed by atoms with Crippen molar-refractivity contribution < 1.29 is 9.59 Å². The van der Waals surface area contributed by atoms with E-state index in [0.29, 0.717) is 16.9 Å². The van der Waals surface area contributed by atoms with Gasteiger partial charge < -0.3 is 10.3 Å². The van der Waals surface area contributed by atoms with Gasteiger partial charge in [0.1, 0.15) is 5.56 Å². The Balaban J connectivity index is 1.54. The summed E-state index contributed by atoms with van der Waals surface area (Å²) in [5.74, 6) is -0.635. The van der Waals surface area contributed by atoms with Gasteiger partial charge in [-0.05, 0) is 47.9 Å². The van der Waals surface area contributed by atoms with Gasteiger partial charge in [-0.3, -0.25) is 14.4 Å². The zero-order chi connectivity index (χ0) is 21.8. The van der Waals surface area contributed by atoms with Crippen molar-refractivity contribution in [1.29, 1.82) is 0 Å². The van der Waals surface area contributed by atoms with Gasteiger partial charge in [0.2, 0.25) is 0 Å². The van der Waals surface area contributed by atoms with Crippen LogP contribution in [0.2, 0.25) is 0 Å². The smallest absolute Gasteiger partial charge is 0.261 e. The van der Waals surface area contributed by atoms with Crippen molar-refractivity contribution in [2.45, 2.75) is 6.92 Å². The fourth-order valence-corrected chi connectivity index (χ4v) is 3.31. The van der Waals surface area contributed by atoms with E-state index < -0.39 is 11.5 Å². The molecule has 152 valence electrons. The number of hydrogen-bond donors (Lipinski definition) is 2. The molecule has 3 aromatic carbocycles. The van der Waals surface area contributed by atoms with E-state index in [2.05, 4.69) is 10.3 Å². The molecule has 0 aliphatic heterocycles. The van der Waals surface area contributed by atoms with Gasteiger partial charge in [0, 0.05) is 16.9 Å². The zero-order valence-corrected chi connectivity index (χ0v) is 16.9. The topological polar surface area (TPSA) is 79.0 Å². The summed E-state index contributed by atoms with van der Waals surface area (Å²) in [5, 5.41) is 2.67. The fourth-order valence-electron chi connectivity index (χ4n) is 3.31. The summed E-state index contributed by atoms with van der Waals surface area (Å²) in [4.78, 5) is 39.4. The van der Waals surface area contributed by atoms with Crippen LogP contribution in [0.15, 0.2) is 95.8 Å². The van der Waals surface area contributed by atoms with Crippen LogP contribution in [-0.2, 0) is 0 Å². The van der Waals surface area contributed by atoms with Gasteiger partial charge in [0.25, 0.3) is 11.5 Å². The SMILES string of the molecule is CC(=O)c1cccc(NC(=O)c2ccc(-c3ccc(-c4ccccc4)cc3)[nH]c2=O)c1. The highest BCUT2D eigenvalue weighted by Gasteiger charge is 2.13. The summed E-state index contributed by atoms with van der Waals surface area (Å²) in [6, 6.07) is 27.7. The Hall–Kier alpha value is -4.25. The number of anilines is 1. The highest BCUT2D eigenvalue weighted by atomic mass is 16.2. The van der Waals surface area contributed by atoms with Gasteiger partial charge in [-0.15, -0.1) is 0 Å². The molecule has 2 N–H and O–H groups in total. The first kappa shape index (κ1) is 20.0. The highest BCUT2D eigenvalue weighted by Crippen LogP contribution is 2.23. The molecule has 4 aromatic rings. The van der Waals surface area contributed by atoms with E-state index in [1.165, 1.54) is 13.0 Å². The average Bonchev–Trinajstić information content (AvgIpc) is 2.80. The first-order valence-corrected chi connectivity index (χ1v) is 9.83. The third-order valence-electron chi connectivity index (χ3n) is 4.98. The van der Waals surface area contributed by atoms with Crippen LogP contribution in [0.5, 0.6) is 0 Å². The third kappa shape index (κ3) is 4.51. The molecule has 0 radical (unpaired) electrons. The van der Waals surface area contributed by atoms with Gasteiger partial charge in [-0.25, -0.2) is 0 Å². The van der Waals surface area contributed by atoms with Gasteiger partial charge in [-0.2, -0.15) is 0 Å². The minimum absolute atomic E-state index is 0.00196. The lowest BCUT2D eigenvalue weighted by Gasteiger charge is -2.08. The maximum Gasteiger partial charge on any atom is 0.261 e. The van der Waals surface area contributed by atoms with Crippen LogP contribution < -0.4 is 10.9 Å². The van der Waals surface area contributed by atoms with E-state index in [1.54, 1.807) is 30.3 Å². The molecule has 1 amide bonds. The van der Waals surface area contributed by atoms with Gasteiger partial charge in [0.05, 0.1) is 0 Å². The van der Waals surface area contributed by atoms with Crippen LogP contribution in [0, 0.1) is 0 Å². The number of hydrogen-bond acceptors (Lipinski definition) is 3. The largest absolute Gasteiger partial charge is 0.322 e. The maximum absolute atomic E-state index is 12.5. The predicted octanol–water partition coefficient (Wildman–Crippen LogP) is 5.16. The summed E-state index contributed by atoms with van der Waals surface area (Å²) >= 11 is 0. The normalized spacial score (nSPS) is 10.5. The van der Waals surface area contributed by atoms with Gasteiger partial charge in [0.15, 0.2) is 5.78 Å². The van der Waals surface area contributed by atoms with E-state index >= 15 is 0 Å². The standard InChI is InChI=1S/C26H20N2O3/c1-17(29)21-8-5-9-22(16-21)27-25(30)23-14-15-24(28-26(23)31)20-12-10-19(11-13-20)18-6-3-2-4-7-18/h2-16H,1H3,(H,27,30)(H,28,31). The molecule has 0 bridgehead atoms. The van der Waals surface area contributed by atoms with E-state index in [0.717, 1.165) is 16.7 Å². The van der Waals surface area contributed by atoms with Crippen molar-refractivity contribution in [1.82, 2.24) is 4.98 Å². The lowest BCUT2D eigenvalue weighted by Crippen LogP contribution is -2.23. The number of carbonyl (C=O) groups excluding carboxylic acids is 2. The van der Waals surface area contributed by atoms with Crippen LogP contribution >= 0.6 is 0 Å². The molecule has 0 saturated heterocycles. The highest BCUT2D eigenvalue weighted by molar-refractivity contribution is 6.05. The molecule has 0 spiro atoms. The number of carbonyl (C=O) groups is 2. The van der Waals surface area contributed by atoms with Crippen molar-refractivity contribution in [2.75, 3.05) is 5.32 Å². The van der Waals surface area contributed by atoms with Crippen LogP contribution in [-0.4, -0.2) is 16.7 Å². The molecule has 31 heavy (non-hydrogen) atoms. The van der Waals surface area contributed by atoms with Crippen molar-refractivity contribution >= 4 is 17.4 Å². The molecular formula is C26H20N2O3. The minimum atomic E-state index is -0.534. The van der Waals surface area contributed by atoms with Crippen LogP contribution in [0.25, 0.3) is 22.4 Å². The molecule has 1 heterocycles. The second-order valence-electron chi connectivity index (χ2n) is 7.15. The number of aromatic nitrogens is 1. The molecule has 0 atom stereocenters. The number of aromatic amines is 1. The Labute approximate surface area is 179 Å². The van der Waals surface area contributed by atoms with Crippen LogP contribution in [0.1, 0.15) is 27.6 Å². The number of nitrogens with one attached hydrogen (secondary N) is 2. The Bertz CT molecular complexity index is 1310. The van der Waals surface area contributed by atoms with E-state index in [4.69, 9.17) is 0 Å². The Kier molecular flexibility index (Phi) is 5.58. The lowest BCUT2D eigenvalue weighted by molar-refractivity contribution is 0.101. The van der Waals surface area contributed by atoms with Gasteiger partial charge >= 0.3 is 0 Å². The maximum atomic E-state index is 12.5. The third-order valence-corrected chi connectivity index (χ3v) is 4.98. The Morgan fingerprint density at radius 2 is 1.42 bits per heavy atom. The van der Waals surface area contributed by atoms with Crippen molar-refractivity contribution in [2.24, 2.45) is 0 Å². The summed E-state index contributed by atoms with van der Waals surface area (Å²) in [7, 11) is 0. The van der Waals surface area contributed by atoms with E-state index in [1.807, 2.05) is 54.6 Å². The van der Waals surface area contributed by atoms with Gasteiger partial charge in [-0.1, -0.05) is 66.7 Å². The van der Waals surface area contributed by atoms with E-state index in [-0.39, 0.29) is 11.3 Å². The first-order valence-electron chi connectivity index (χ1n) is 9.83. The van der Waals surface area contributed by atoms with Crippen LogP contribution in [0.4, 0.5) is 5.69 Å². The molecule has 0 saturated carbocycles. The molecule has 5 heteroatoms. The van der Waals surface area contributed by atoms with Crippen LogP contribution in [0.3, 0.4) is 0 Å². The lowest BCUT2D eigenvalue weighted by atomic mass is 10.0. The number of H-pyrrole nitrogens is 1. The predicted molar refractivity (Wildman–Crippen MR) is 122 cm³/mol. The Morgan fingerprint density at radius 3 is 2.10 bits per heavy atom. The quantitative estimate of drug-likeness (QED) is 0.448. The zero-order valence-electron chi connectivity index (χ0n) is 16.9. The summed E-state index contributed by atoms with van der Waals surface area (Å²) in [5.41, 5.74) is 4.12. The number of Topliss-reactive ketones (excluding diaryl/α,β-unsaturated/α-hetero) is 1. The molecule has 5 nitrogen and oxygen atoms in total. The monoisotopic (exact) mass is 408 g/mol. The number of ketones is 1. The van der Waals surface area contributed by atoms with E-state index in [9.17, 15) is 14.4 Å². The summed E-state index contributed by atoms with van der Waals surface area (Å²) < 4.78 is 0. The molecule has 1 aromatic heterocycles. The number of pyridine rings is 1. The number of benzene rings is 3. The molecule has 0 unspecified atom stereocenters. The molecule has 4 rings (SSSR count). The first-order chi connectivity index (χ1) is 15.0. The minimum Gasteiger partial charge on any atom is -0.322 e. The Morgan fingerprint density at radius 1 is 0.742 bits per heavy atom.